The third kappa shape index (κ3) is 24.0. The van der Waals surface area contributed by atoms with E-state index in [-0.39, 0.29) is 10.8 Å². The molecule has 0 bridgehead atoms. The van der Waals surface area contributed by atoms with Crippen molar-refractivity contribution in [2.45, 2.75) is 186 Å². The van der Waals surface area contributed by atoms with Crippen LogP contribution in [-0.2, 0) is 12.8 Å². The van der Waals surface area contributed by atoms with Crippen molar-refractivity contribution in [2.24, 2.45) is 0 Å². The van der Waals surface area contributed by atoms with Crippen molar-refractivity contribution in [2.75, 3.05) is 13.2 Å². The van der Waals surface area contributed by atoms with Crippen LogP contribution < -0.4 is 9.47 Å². The van der Waals surface area contributed by atoms with E-state index < -0.39 is 0 Å². The fourth-order valence-electron chi connectivity index (χ4n) is 6.80. The van der Waals surface area contributed by atoms with Crippen molar-refractivity contribution in [1.29, 1.82) is 0 Å². The van der Waals surface area contributed by atoms with Gasteiger partial charge in [0.25, 0.3) is 0 Å². The zero-order valence-electron chi connectivity index (χ0n) is 37.1. The summed E-state index contributed by atoms with van der Waals surface area (Å²) in [4.78, 5) is 18.2. The van der Waals surface area contributed by atoms with Gasteiger partial charge in [-0.1, -0.05) is 123 Å². The summed E-state index contributed by atoms with van der Waals surface area (Å²) in [6, 6.07) is 15.9. The smallest absolute Gasteiger partial charge is 0.159 e. The summed E-state index contributed by atoms with van der Waals surface area (Å²) in [7, 11) is 0. The maximum atomic E-state index is 5.94. The Hall–Kier alpha value is -3.22. The summed E-state index contributed by atoms with van der Waals surface area (Å²) in [5.74, 6) is 3.24. The molecule has 8 heteroatoms. The minimum Gasteiger partial charge on any atom is -0.494 e. The summed E-state index contributed by atoms with van der Waals surface area (Å²) in [5.41, 5.74) is 4.48. The van der Waals surface area contributed by atoms with Crippen molar-refractivity contribution < 1.29 is 9.47 Å². The first-order valence-electron chi connectivity index (χ1n) is 23.2. The second-order valence-electron chi connectivity index (χ2n) is 16.2. The molecular weight excluding hydrogens is 771 g/mol. The van der Waals surface area contributed by atoms with Gasteiger partial charge in [0, 0.05) is 46.7 Å². The second-order valence-corrected chi connectivity index (χ2v) is 17.7. The normalized spacial score (nSPS) is 12.1. The Morgan fingerprint density at radius 1 is 0.424 bits per heavy atom. The molecule has 2 aromatic heterocycles. The fourth-order valence-corrected chi connectivity index (χ4v) is 6.98. The van der Waals surface area contributed by atoms with E-state index in [4.69, 9.17) is 32.7 Å². The van der Waals surface area contributed by atoms with Crippen LogP contribution in [0, 0.1) is 0 Å². The molecule has 0 N–H and O–H groups in total. The zero-order chi connectivity index (χ0) is 42.2. The van der Waals surface area contributed by atoms with Crippen molar-refractivity contribution >= 4 is 23.2 Å². The van der Waals surface area contributed by atoms with Crippen LogP contribution in [0.4, 0.5) is 0 Å². The molecule has 0 spiro atoms. The molecule has 0 saturated carbocycles. The summed E-state index contributed by atoms with van der Waals surface area (Å²) < 4.78 is 11.4. The highest BCUT2D eigenvalue weighted by Crippen LogP contribution is 2.22. The van der Waals surface area contributed by atoms with E-state index in [0.717, 1.165) is 60.0 Å². The molecule has 0 amide bonds. The van der Waals surface area contributed by atoms with Crippen LogP contribution in [0.3, 0.4) is 0 Å². The number of halogens is 2. The summed E-state index contributed by atoms with van der Waals surface area (Å²) >= 11 is 11.9. The molecule has 0 fully saturated rings. The summed E-state index contributed by atoms with van der Waals surface area (Å²) in [5, 5.41) is 0.272. The number of aryl methyl sites for hydroxylation is 2. The van der Waals surface area contributed by atoms with E-state index >= 15 is 0 Å². The molecule has 0 radical (unpaired) electrons. The third-order valence-corrected chi connectivity index (χ3v) is 11.0. The quantitative estimate of drug-likeness (QED) is 0.0371. The SMILES string of the molecule is CCCCCCCCCCCCc1cnc(-c2ccc(OCCC(C)Cl)cc2)nc1.CCCCCCCCCCCc1cnc(-c2ccc(OCCC(C)Cl)cc2)nc1. The number of hydrogen-bond acceptors (Lipinski definition) is 6. The lowest BCUT2D eigenvalue weighted by molar-refractivity contribution is 0.310. The number of ether oxygens (including phenoxy) is 2. The van der Waals surface area contributed by atoms with Gasteiger partial charge in [0.15, 0.2) is 11.6 Å². The van der Waals surface area contributed by atoms with E-state index in [1.165, 1.54) is 133 Å². The summed E-state index contributed by atoms with van der Waals surface area (Å²) in [6.07, 6.45) is 37.5. The number of unbranched alkanes of at least 4 members (excludes halogenated alkanes) is 17. The molecule has 59 heavy (non-hydrogen) atoms. The standard InChI is InChI=1S/C26H39ClN2O.C25H37ClN2O/c1-3-4-5-6-7-8-9-10-11-12-13-23-20-28-26(29-21-23)24-14-16-25(17-15-24)30-19-18-22(2)27;1-3-4-5-6-7-8-9-10-11-12-22-19-27-25(28-20-22)23-13-15-24(16-14-23)29-18-17-21(2)26/h14-17,20-22H,3-13,18-19H2,1-2H3;13-16,19-21H,3-12,17-18H2,1-2H3. The minimum absolute atomic E-state index is 0.136. The monoisotopic (exact) mass is 847 g/mol. The minimum atomic E-state index is 0.136. The van der Waals surface area contributed by atoms with Gasteiger partial charge in [0.05, 0.1) is 13.2 Å². The van der Waals surface area contributed by atoms with Gasteiger partial charge in [0.2, 0.25) is 0 Å². The van der Waals surface area contributed by atoms with E-state index in [1.807, 2.05) is 87.2 Å². The largest absolute Gasteiger partial charge is 0.494 e. The number of aromatic nitrogens is 4. The Morgan fingerprint density at radius 2 is 0.712 bits per heavy atom. The molecule has 0 aliphatic heterocycles. The van der Waals surface area contributed by atoms with Gasteiger partial charge >= 0.3 is 0 Å². The topological polar surface area (TPSA) is 70.0 Å². The molecule has 4 rings (SSSR count). The Morgan fingerprint density at radius 3 is 1.00 bits per heavy atom. The molecule has 2 unspecified atom stereocenters. The zero-order valence-corrected chi connectivity index (χ0v) is 38.6. The van der Waals surface area contributed by atoms with Gasteiger partial charge in [-0.2, -0.15) is 0 Å². The van der Waals surface area contributed by atoms with Crippen molar-refractivity contribution in [3.8, 4) is 34.3 Å². The second kappa shape index (κ2) is 32.5. The van der Waals surface area contributed by atoms with E-state index in [9.17, 15) is 0 Å². The number of hydrogen-bond donors (Lipinski definition) is 0. The van der Waals surface area contributed by atoms with Gasteiger partial charge in [-0.05, 0) is 112 Å². The third-order valence-electron chi connectivity index (χ3n) is 10.6. The van der Waals surface area contributed by atoms with Gasteiger partial charge in [-0.25, -0.2) is 19.9 Å². The van der Waals surface area contributed by atoms with Crippen molar-refractivity contribution in [1.82, 2.24) is 19.9 Å². The lowest BCUT2D eigenvalue weighted by atomic mass is 10.0. The van der Waals surface area contributed by atoms with Crippen LogP contribution in [0.1, 0.15) is 174 Å². The van der Waals surface area contributed by atoms with E-state index in [0.29, 0.717) is 13.2 Å². The highest BCUT2D eigenvalue weighted by molar-refractivity contribution is 6.20. The van der Waals surface area contributed by atoms with E-state index in [1.54, 1.807) is 0 Å². The number of benzene rings is 2. The molecule has 6 nitrogen and oxygen atoms in total. The Balaban J connectivity index is 0.000000316. The number of nitrogens with zero attached hydrogens (tertiary/aromatic N) is 4. The van der Waals surface area contributed by atoms with Crippen LogP contribution in [0.25, 0.3) is 22.8 Å². The molecule has 4 aromatic rings. The van der Waals surface area contributed by atoms with Crippen molar-refractivity contribution in [3.63, 3.8) is 0 Å². The molecule has 2 aromatic carbocycles. The molecule has 2 atom stereocenters. The van der Waals surface area contributed by atoms with Crippen LogP contribution in [0.15, 0.2) is 73.3 Å². The first-order valence-corrected chi connectivity index (χ1v) is 24.1. The van der Waals surface area contributed by atoms with Crippen molar-refractivity contribution in [3.05, 3.63) is 84.4 Å². The Kier molecular flexibility index (Phi) is 27.7. The van der Waals surface area contributed by atoms with Crippen LogP contribution in [-0.4, -0.2) is 43.9 Å². The number of rotatable bonds is 31. The highest BCUT2D eigenvalue weighted by Gasteiger charge is 2.06. The maximum absolute atomic E-state index is 5.94. The van der Waals surface area contributed by atoms with Crippen LogP contribution >= 0.6 is 23.2 Å². The molecule has 0 aliphatic rings. The maximum Gasteiger partial charge on any atom is 0.159 e. The predicted molar refractivity (Wildman–Crippen MR) is 252 cm³/mol. The van der Waals surface area contributed by atoms with Gasteiger partial charge in [0.1, 0.15) is 11.5 Å². The van der Waals surface area contributed by atoms with Gasteiger partial charge < -0.3 is 9.47 Å². The van der Waals surface area contributed by atoms with Crippen LogP contribution in [0.2, 0.25) is 0 Å². The van der Waals surface area contributed by atoms with Gasteiger partial charge in [-0.15, -0.1) is 23.2 Å². The average molecular weight is 848 g/mol. The Labute approximate surface area is 369 Å². The number of alkyl halides is 2. The molecular formula is C51H76Cl2N4O2. The Bertz CT molecular complexity index is 1570. The van der Waals surface area contributed by atoms with Gasteiger partial charge in [-0.3, -0.25) is 0 Å². The lowest BCUT2D eigenvalue weighted by Crippen LogP contribution is -2.03. The fraction of sp³-hybridized carbons (Fsp3) is 0.608. The predicted octanol–water partition coefficient (Wildman–Crippen LogP) is 15.6. The molecule has 0 saturated heterocycles. The molecule has 0 aliphatic carbocycles. The molecule has 326 valence electrons. The first kappa shape index (κ1) is 50.1. The van der Waals surface area contributed by atoms with Crippen LogP contribution in [0.5, 0.6) is 11.5 Å². The average Bonchev–Trinajstić information content (AvgIpc) is 3.25. The lowest BCUT2D eigenvalue weighted by Gasteiger charge is -2.08. The van der Waals surface area contributed by atoms with E-state index in [2.05, 4.69) is 33.8 Å². The first-order chi connectivity index (χ1) is 28.9. The molecule has 2 heterocycles. The summed E-state index contributed by atoms with van der Waals surface area (Å²) in [6.45, 7) is 9.77. The highest BCUT2D eigenvalue weighted by atomic mass is 35.5.